The van der Waals surface area contributed by atoms with Gasteiger partial charge >= 0.3 is 0 Å². The van der Waals surface area contributed by atoms with Gasteiger partial charge in [0.15, 0.2) is 0 Å². The number of para-hydroxylation sites is 2. The maximum Gasteiger partial charge on any atom is 0.234 e. The topological polar surface area (TPSA) is 48.1 Å². The molecular formula is C20H32N4O2. The summed E-state index contributed by atoms with van der Waals surface area (Å²) in [6.45, 7) is 9.43. The second-order valence-electron chi connectivity index (χ2n) is 7.18. The molecule has 2 heterocycles. The first-order valence-corrected chi connectivity index (χ1v) is 9.82. The molecular weight excluding hydrogens is 328 g/mol. The molecule has 1 N–H and O–H groups in total. The highest BCUT2D eigenvalue weighted by atomic mass is 16.5. The highest BCUT2D eigenvalue weighted by Gasteiger charge is 2.29. The van der Waals surface area contributed by atoms with Crippen LogP contribution in [-0.4, -0.2) is 81.2 Å². The number of benzene rings is 1. The van der Waals surface area contributed by atoms with E-state index in [1.165, 1.54) is 18.5 Å². The van der Waals surface area contributed by atoms with Gasteiger partial charge < -0.3 is 15.0 Å². The SMILES string of the molecule is CCNC(=O)CN1CCCC(N2CCN(c3ccccc3OC)CC2)C1. The van der Waals surface area contributed by atoms with Gasteiger partial charge in [0.2, 0.25) is 5.91 Å². The Morgan fingerprint density at radius 1 is 1.19 bits per heavy atom. The summed E-state index contributed by atoms with van der Waals surface area (Å²) in [7, 11) is 1.74. The molecule has 1 aromatic carbocycles. The van der Waals surface area contributed by atoms with Crippen LogP contribution in [0, 0.1) is 0 Å². The van der Waals surface area contributed by atoms with Crippen LogP contribution < -0.4 is 15.0 Å². The van der Waals surface area contributed by atoms with Crippen molar-refractivity contribution >= 4 is 11.6 Å². The summed E-state index contributed by atoms with van der Waals surface area (Å²) in [5.74, 6) is 1.10. The summed E-state index contributed by atoms with van der Waals surface area (Å²) < 4.78 is 5.51. The monoisotopic (exact) mass is 360 g/mol. The van der Waals surface area contributed by atoms with E-state index >= 15 is 0 Å². The summed E-state index contributed by atoms with van der Waals surface area (Å²) in [5.41, 5.74) is 1.19. The number of rotatable bonds is 6. The number of carbonyl (C=O) groups is 1. The zero-order valence-electron chi connectivity index (χ0n) is 16.1. The predicted molar refractivity (Wildman–Crippen MR) is 105 cm³/mol. The second-order valence-corrected chi connectivity index (χ2v) is 7.18. The molecule has 1 aromatic rings. The average molecular weight is 361 g/mol. The third-order valence-corrected chi connectivity index (χ3v) is 5.48. The Balaban J connectivity index is 1.52. The van der Waals surface area contributed by atoms with E-state index in [2.05, 4.69) is 32.1 Å². The number of ether oxygens (including phenoxy) is 1. The van der Waals surface area contributed by atoms with Crippen LogP contribution in [0.3, 0.4) is 0 Å². The second kappa shape index (κ2) is 9.24. The molecule has 2 aliphatic rings. The molecule has 1 amide bonds. The molecule has 0 aromatic heterocycles. The number of methoxy groups -OCH3 is 1. The van der Waals surface area contributed by atoms with Crippen molar-refractivity contribution in [3.05, 3.63) is 24.3 Å². The van der Waals surface area contributed by atoms with Gasteiger partial charge in [0.25, 0.3) is 0 Å². The molecule has 2 fully saturated rings. The third kappa shape index (κ3) is 4.68. The molecule has 2 aliphatic heterocycles. The number of carbonyl (C=O) groups excluding carboxylic acids is 1. The van der Waals surface area contributed by atoms with E-state index in [4.69, 9.17) is 4.74 Å². The Bertz CT molecular complexity index is 587. The third-order valence-electron chi connectivity index (χ3n) is 5.48. The van der Waals surface area contributed by atoms with Gasteiger partial charge in [-0.2, -0.15) is 0 Å². The fourth-order valence-corrected chi connectivity index (χ4v) is 4.15. The number of hydrogen-bond acceptors (Lipinski definition) is 5. The van der Waals surface area contributed by atoms with Crippen molar-refractivity contribution in [1.29, 1.82) is 0 Å². The minimum Gasteiger partial charge on any atom is -0.495 e. The number of hydrogen-bond donors (Lipinski definition) is 1. The van der Waals surface area contributed by atoms with Gasteiger partial charge in [-0.05, 0) is 38.4 Å². The minimum atomic E-state index is 0.147. The molecule has 0 bridgehead atoms. The summed E-state index contributed by atoms with van der Waals surface area (Å²) in [5, 5.41) is 2.91. The molecule has 1 unspecified atom stereocenters. The lowest BCUT2D eigenvalue weighted by Crippen LogP contribution is -2.56. The summed E-state index contributed by atoms with van der Waals surface area (Å²) >= 11 is 0. The van der Waals surface area contributed by atoms with Crippen molar-refractivity contribution in [2.75, 3.05) is 64.4 Å². The first-order chi connectivity index (χ1) is 12.7. The highest BCUT2D eigenvalue weighted by molar-refractivity contribution is 5.77. The molecule has 144 valence electrons. The Kier molecular flexibility index (Phi) is 6.74. The van der Waals surface area contributed by atoms with Gasteiger partial charge in [-0.25, -0.2) is 0 Å². The molecule has 26 heavy (non-hydrogen) atoms. The number of piperidine rings is 1. The van der Waals surface area contributed by atoms with E-state index in [0.29, 0.717) is 19.1 Å². The van der Waals surface area contributed by atoms with Crippen molar-refractivity contribution < 1.29 is 9.53 Å². The maximum absolute atomic E-state index is 11.9. The molecule has 6 nitrogen and oxygen atoms in total. The van der Waals surface area contributed by atoms with E-state index in [1.807, 2.05) is 19.1 Å². The minimum absolute atomic E-state index is 0.147. The van der Waals surface area contributed by atoms with Crippen LogP contribution in [-0.2, 0) is 4.79 Å². The Hall–Kier alpha value is -1.79. The van der Waals surface area contributed by atoms with E-state index in [-0.39, 0.29) is 5.91 Å². The van der Waals surface area contributed by atoms with Crippen molar-refractivity contribution in [3.8, 4) is 5.75 Å². The Morgan fingerprint density at radius 3 is 2.69 bits per heavy atom. The molecule has 1 atom stereocenters. The first kappa shape index (κ1) is 19.0. The zero-order valence-corrected chi connectivity index (χ0v) is 16.1. The van der Waals surface area contributed by atoms with Crippen LogP contribution >= 0.6 is 0 Å². The number of anilines is 1. The van der Waals surface area contributed by atoms with Crippen LogP contribution in [0.2, 0.25) is 0 Å². The Labute approximate surface area is 157 Å². The molecule has 0 spiro atoms. The molecule has 0 radical (unpaired) electrons. The fraction of sp³-hybridized carbons (Fsp3) is 0.650. The van der Waals surface area contributed by atoms with Crippen LogP contribution in [0.5, 0.6) is 5.75 Å². The maximum atomic E-state index is 11.9. The summed E-state index contributed by atoms with van der Waals surface area (Å²) in [6, 6.07) is 8.83. The number of piperazine rings is 1. The number of nitrogens with one attached hydrogen (secondary N) is 1. The fourth-order valence-electron chi connectivity index (χ4n) is 4.15. The number of nitrogens with zero attached hydrogens (tertiary/aromatic N) is 3. The van der Waals surface area contributed by atoms with Gasteiger partial charge in [0.1, 0.15) is 5.75 Å². The van der Waals surface area contributed by atoms with Crippen molar-refractivity contribution in [1.82, 2.24) is 15.1 Å². The van der Waals surface area contributed by atoms with Crippen LogP contribution in [0.4, 0.5) is 5.69 Å². The molecule has 6 heteroatoms. The summed E-state index contributed by atoms with van der Waals surface area (Å²) in [6.07, 6.45) is 2.41. The predicted octanol–water partition coefficient (Wildman–Crippen LogP) is 1.42. The standard InChI is InChI=1S/C20H32N4O2/c1-3-21-20(25)16-22-10-6-7-17(15-22)23-11-13-24(14-12-23)18-8-4-5-9-19(18)26-2/h4-5,8-9,17H,3,6-7,10-16H2,1-2H3,(H,21,25). The van der Waals surface area contributed by atoms with Crippen LogP contribution in [0.1, 0.15) is 19.8 Å². The molecule has 0 saturated carbocycles. The van der Waals surface area contributed by atoms with Gasteiger partial charge in [-0.1, -0.05) is 12.1 Å². The van der Waals surface area contributed by atoms with Gasteiger partial charge in [0, 0.05) is 45.3 Å². The summed E-state index contributed by atoms with van der Waals surface area (Å²) in [4.78, 5) is 19.2. The number of likely N-dealkylation sites (N-methyl/N-ethyl adjacent to an activating group) is 1. The molecule has 3 rings (SSSR count). The van der Waals surface area contributed by atoms with E-state index in [9.17, 15) is 4.79 Å². The quantitative estimate of drug-likeness (QED) is 0.831. The molecule has 0 aliphatic carbocycles. The van der Waals surface area contributed by atoms with Crippen LogP contribution in [0.15, 0.2) is 24.3 Å². The highest BCUT2D eigenvalue weighted by Crippen LogP contribution is 2.29. The number of amides is 1. The van der Waals surface area contributed by atoms with E-state index in [0.717, 1.165) is 45.0 Å². The average Bonchev–Trinajstić information content (AvgIpc) is 2.68. The lowest BCUT2D eigenvalue weighted by molar-refractivity contribution is -0.122. The first-order valence-electron chi connectivity index (χ1n) is 9.82. The van der Waals surface area contributed by atoms with Gasteiger partial charge in [0.05, 0.1) is 19.3 Å². The lowest BCUT2D eigenvalue weighted by Gasteiger charge is -2.44. The lowest BCUT2D eigenvalue weighted by atomic mass is 10.0. The van der Waals surface area contributed by atoms with Crippen molar-refractivity contribution in [2.24, 2.45) is 0 Å². The number of likely N-dealkylation sites (tertiary alicyclic amines) is 1. The van der Waals surface area contributed by atoms with Gasteiger partial charge in [-0.3, -0.25) is 14.6 Å². The van der Waals surface area contributed by atoms with E-state index in [1.54, 1.807) is 7.11 Å². The smallest absolute Gasteiger partial charge is 0.234 e. The van der Waals surface area contributed by atoms with Crippen molar-refractivity contribution in [2.45, 2.75) is 25.8 Å². The van der Waals surface area contributed by atoms with Crippen LogP contribution in [0.25, 0.3) is 0 Å². The van der Waals surface area contributed by atoms with Gasteiger partial charge in [-0.15, -0.1) is 0 Å². The largest absolute Gasteiger partial charge is 0.495 e. The van der Waals surface area contributed by atoms with Crippen molar-refractivity contribution in [3.63, 3.8) is 0 Å². The zero-order chi connectivity index (χ0) is 18.4. The Morgan fingerprint density at radius 2 is 1.96 bits per heavy atom. The normalized spacial score (nSPS) is 22.2. The van der Waals surface area contributed by atoms with E-state index < -0.39 is 0 Å². The molecule has 2 saturated heterocycles.